The van der Waals surface area contributed by atoms with E-state index < -0.39 is 0 Å². The fourth-order valence-electron chi connectivity index (χ4n) is 3.98. The van der Waals surface area contributed by atoms with E-state index in [0.717, 1.165) is 47.4 Å². The summed E-state index contributed by atoms with van der Waals surface area (Å²) in [5.74, 6) is 1.33. The van der Waals surface area contributed by atoms with Crippen molar-refractivity contribution in [3.63, 3.8) is 0 Å². The van der Waals surface area contributed by atoms with Crippen molar-refractivity contribution in [2.24, 2.45) is 0 Å². The molecule has 0 bridgehead atoms. The molecular weight excluding hydrogens is 426 g/mol. The van der Waals surface area contributed by atoms with Gasteiger partial charge in [-0.1, -0.05) is 36.4 Å². The van der Waals surface area contributed by atoms with E-state index in [1.165, 1.54) is 18.2 Å². The van der Waals surface area contributed by atoms with Crippen LogP contribution in [0.15, 0.2) is 60.7 Å². The van der Waals surface area contributed by atoms with Crippen molar-refractivity contribution in [3.8, 4) is 22.8 Å². The number of fused-ring (bicyclic) bond motifs is 1. The van der Waals surface area contributed by atoms with Gasteiger partial charge in [0.2, 0.25) is 0 Å². The number of carbonyl (C=O) groups excluding carboxylic acids is 1. The van der Waals surface area contributed by atoms with Gasteiger partial charge in [-0.2, -0.15) is 0 Å². The number of nitrogen functional groups attached to an aromatic ring is 1. The van der Waals surface area contributed by atoms with E-state index in [1.807, 2.05) is 30.3 Å². The number of methoxy groups -OCH3 is 1. The molecule has 0 amide bonds. The summed E-state index contributed by atoms with van der Waals surface area (Å²) in [5, 5.41) is 0. The lowest BCUT2D eigenvalue weighted by molar-refractivity contribution is -0.140. The summed E-state index contributed by atoms with van der Waals surface area (Å²) in [6.07, 6.45) is 2.93. The largest absolute Gasteiger partial charge is 0.491 e. The van der Waals surface area contributed by atoms with Crippen molar-refractivity contribution in [1.82, 2.24) is 9.55 Å². The van der Waals surface area contributed by atoms with Gasteiger partial charge in [-0.3, -0.25) is 9.36 Å². The molecule has 6 nitrogen and oxygen atoms in total. The van der Waals surface area contributed by atoms with Crippen LogP contribution in [0.25, 0.3) is 28.1 Å². The quantitative estimate of drug-likeness (QED) is 0.189. The van der Waals surface area contributed by atoms with Gasteiger partial charge in [-0.25, -0.2) is 4.98 Å². The minimum absolute atomic E-state index is 0.176. The van der Waals surface area contributed by atoms with Crippen molar-refractivity contribution in [2.75, 3.05) is 19.5 Å². The Bertz CT molecular complexity index is 1300. The Balaban J connectivity index is 1.66. The SMILES string of the molecule is COC(=O)CCCCCOc1cc2c(cc1N)nc(-c1ccccc1)n2-c1ccc(C)c(C)c1. The Hall–Kier alpha value is -3.80. The summed E-state index contributed by atoms with van der Waals surface area (Å²) < 4.78 is 12.9. The minimum atomic E-state index is -0.176. The highest BCUT2D eigenvalue weighted by Crippen LogP contribution is 2.34. The summed E-state index contributed by atoms with van der Waals surface area (Å²) in [6, 6.07) is 20.5. The first-order valence-electron chi connectivity index (χ1n) is 11.6. The molecule has 34 heavy (non-hydrogen) atoms. The molecule has 0 saturated carbocycles. The molecule has 4 aromatic rings. The highest BCUT2D eigenvalue weighted by Gasteiger charge is 2.17. The monoisotopic (exact) mass is 457 g/mol. The van der Waals surface area contributed by atoms with Gasteiger partial charge >= 0.3 is 5.97 Å². The van der Waals surface area contributed by atoms with E-state index in [1.54, 1.807) is 0 Å². The number of benzene rings is 3. The van der Waals surface area contributed by atoms with Crippen LogP contribution in [0.5, 0.6) is 5.75 Å². The summed E-state index contributed by atoms with van der Waals surface area (Å²) in [7, 11) is 1.41. The first-order valence-corrected chi connectivity index (χ1v) is 11.6. The van der Waals surface area contributed by atoms with Crippen molar-refractivity contribution < 1.29 is 14.3 Å². The molecule has 2 N–H and O–H groups in total. The third-order valence-electron chi connectivity index (χ3n) is 6.08. The van der Waals surface area contributed by atoms with Crippen LogP contribution in [0.1, 0.15) is 36.8 Å². The predicted molar refractivity (Wildman–Crippen MR) is 136 cm³/mol. The number of hydrogen-bond acceptors (Lipinski definition) is 5. The molecule has 4 rings (SSSR count). The van der Waals surface area contributed by atoms with Crippen LogP contribution in [0.4, 0.5) is 5.69 Å². The van der Waals surface area contributed by atoms with Crippen LogP contribution in [-0.2, 0) is 9.53 Å². The molecule has 0 aliphatic rings. The normalized spacial score (nSPS) is 11.0. The molecule has 1 aromatic heterocycles. The number of anilines is 1. The number of rotatable bonds is 9. The highest BCUT2D eigenvalue weighted by atomic mass is 16.5. The molecule has 0 aliphatic carbocycles. The van der Waals surface area contributed by atoms with E-state index in [0.29, 0.717) is 24.5 Å². The lowest BCUT2D eigenvalue weighted by Crippen LogP contribution is -2.03. The number of imidazole rings is 1. The molecule has 0 fully saturated rings. The first-order chi connectivity index (χ1) is 16.5. The standard InChI is InChI=1S/C28H31N3O3/c1-19-13-14-22(16-20(19)2)31-25-18-26(34-15-9-5-8-12-27(32)33-3)23(29)17-24(25)30-28(31)21-10-6-4-7-11-21/h4,6-7,10-11,13-14,16-18H,5,8-9,12,15,29H2,1-3H3. The topological polar surface area (TPSA) is 79.4 Å². The molecule has 0 unspecified atom stereocenters. The van der Waals surface area contributed by atoms with E-state index in [9.17, 15) is 4.79 Å². The molecule has 0 spiro atoms. The fraction of sp³-hybridized carbons (Fsp3) is 0.286. The third-order valence-corrected chi connectivity index (χ3v) is 6.08. The van der Waals surface area contributed by atoms with Crippen molar-refractivity contribution in [3.05, 3.63) is 71.8 Å². The van der Waals surface area contributed by atoms with Crippen LogP contribution >= 0.6 is 0 Å². The summed E-state index contributed by atoms with van der Waals surface area (Å²) in [5.41, 5.74) is 13.2. The number of hydrogen-bond donors (Lipinski definition) is 1. The second-order valence-corrected chi connectivity index (χ2v) is 8.52. The Kier molecular flexibility index (Phi) is 7.16. The second-order valence-electron chi connectivity index (χ2n) is 8.52. The van der Waals surface area contributed by atoms with Gasteiger partial charge in [0, 0.05) is 23.7 Å². The maximum atomic E-state index is 11.2. The summed E-state index contributed by atoms with van der Waals surface area (Å²) in [6.45, 7) is 4.76. The van der Waals surface area contributed by atoms with Crippen molar-refractivity contribution in [2.45, 2.75) is 39.5 Å². The maximum absolute atomic E-state index is 11.2. The fourth-order valence-corrected chi connectivity index (χ4v) is 3.98. The zero-order chi connectivity index (χ0) is 24.1. The molecule has 3 aromatic carbocycles. The van der Waals surface area contributed by atoms with E-state index in [-0.39, 0.29) is 5.97 Å². The molecule has 0 radical (unpaired) electrons. The van der Waals surface area contributed by atoms with Crippen LogP contribution < -0.4 is 10.5 Å². The van der Waals surface area contributed by atoms with Gasteiger partial charge in [0.1, 0.15) is 11.6 Å². The lowest BCUT2D eigenvalue weighted by Gasteiger charge is -2.13. The zero-order valence-corrected chi connectivity index (χ0v) is 20.0. The van der Waals surface area contributed by atoms with Crippen molar-refractivity contribution in [1.29, 1.82) is 0 Å². The Morgan fingerprint density at radius 2 is 1.76 bits per heavy atom. The van der Waals surface area contributed by atoms with E-state index in [4.69, 9.17) is 15.5 Å². The molecule has 0 saturated heterocycles. The molecular formula is C28H31N3O3. The summed E-state index contributed by atoms with van der Waals surface area (Å²) in [4.78, 5) is 16.2. The number of nitrogens with two attached hydrogens (primary N) is 1. The number of ether oxygens (including phenoxy) is 2. The lowest BCUT2D eigenvalue weighted by atomic mass is 10.1. The van der Waals surface area contributed by atoms with E-state index >= 15 is 0 Å². The molecule has 1 heterocycles. The van der Waals surface area contributed by atoms with Gasteiger partial charge in [-0.05, 0) is 62.4 Å². The Morgan fingerprint density at radius 1 is 0.971 bits per heavy atom. The minimum Gasteiger partial charge on any atom is -0.491 e. The number of nitrogens with zero attached hydrogens (tertiary/aromatic N) is 2. The zero-order valence-electron chi connectivity index (χ0n) is 20.0. The highest BCUT2D eigenvalue weighted by molar-refractivity contribution is 5.88. The molecule has 0 atom stereocenters. The second kappa shape index (κ2) is 10.4. The van der Waals surface area contributed by atoms with Gasteiger partial charge in [0.15, 0.2) is 0 Å². The molecule has 6 heteroatoms. The third kappa shape index (κ3) is 5.06. The first kappa shape index (κ1) is 23.4. The number of carbonyl (C=O) groups is 1. The van der Waals surface area contributed by atoms with Crippen molar-refractivity contribution >= 4 is 22.7 Å². The maximum Gasteiger partial charge on any atom is 0.305 e. The van der Waals surface area contributed by atoms with Gasteiger partial charge in [0.05, 0.1) is 30.4 Å². The van der Waals surface area contributed by atoms with Crippen LogP contribution in [0.3, 0.4) is 0 Å². The van der Waals surface area contributed by atoms with Crippen LogP contribution in [-0.4, -0.2) is 29.2 Å². The van der Waals surface area contributed by atoms with Gasteiger partial charge < -0.3 is 15.2 Å². The van der Waals surface area contributed by atoms with E-state index in [2.05, 4.69) is 53.5 Å². The predicted octanol–water partition coefficient (Wildman–Crippen LogP) is 6.00. The summed E-state index contributed by atoms with van der Waals surface area (Å²) >= 11 is 0. The number of esters is 1. The number of aryl methyl sites for hydroxylation is 2. The smallest absolute Gasteiger partial charge is 0.305 e. The van der Waals surface area contributed by atoms with Gasteiger partial charge in [0.25, 0.3) is 0 Å². The Labute approximate surface area is 200 Å². The number of unbranched alkanes of at least 4 members (excludes halogenated alkanes) is 2. The average Bonchev–Trinajstić information content (AvgIpc) is 3.21. The Morgan fingerprint density at radius 3 is 2.50 bits per heavy atom. The van der Waals surface area contributed by atoms with Crippen LogP contribution in [0.2, 0.25) is 0 Å². The molecule has 176 valence electrons. The number of aromatic nitrogens is 2. The van der Waals surface area contributed by atoms with Gasteiger partial charge in [-0.15, -0.1) is 0 Å². The van der Waals surface area contributed by atoms with Crippen LogP contribution in [0, 0.1) is 13.8 Å². The molecule has 0 aliphatic heterocycles. The average molecular weight is 458 g/mol.